The molecular formula is C19H29BrO3. The van der Waals surface area contributed by atoms with Gasteiger partial charge in [0.05, 0.1) is 29.2 Å². The Hall–Kier alpha value is 0.360. The molecule has 1 heterocycles. The van der Waals surface area contributed by atoms with E-state index in [0.29, 0.717) is 17.8 Å². The van der Waals surface area contributed by atoms with E-state index in [1.165, 1.54) is 12.8 Å². The Morgan fingerprint density at radius 1 is 1.04 bits per heavy atom. The quantitative estimate of drug-likeness (QED) is 0.630. The maximum Gasteiger partial charge on any atom is 0.0738 e. The van der Waals surface area contributed by atoms with Gasteiger partial charge in [-0.3, -0.25) is 0 Å². The molecule has 0 radical (unpaired) electrons. The van der Waals surface area contributed by atoms with Gasteiger partial charge in [0.25, 0.3) is 0 Å². The van der Waals surface area contributed by atoms with Crippen LogP contribution in [0.4, 0.5) is 0 Å². The highest BCUT2D eigenvalue weighted by molar-refractivity contribution is 9.10. The number of hydrogen-bond acceptors (Lipinski definition) is 3. The largest absolute Gasteiger partial charge is 0.393 e. The van der Waals surface area contributed by atoms with Crippen LogP contribution in [0.2, 0.25) is 0 Å². The van der Waals surface area contributed by atoms with Crippen LogP contribution in [0, 0.1) is 28.6 Å². The predicted octanol–water partition coefficient (Wildman–Crippen LogP) is 3.26. The first kappa shape index (κ1) is 15.6. The lowest BCUT2D eigenvalue weighted by Gasteiger charge is -2.62. The number of aliphatic hydroxyl groups excluding tert-OH is 2. The molecule has 5 aliphatic rings. The zero-order chi connectivity index (χ0) is 16.0. The Morgan fingerprint density at radius 2 is 1.87 bits per heavy atom. The van der Waals surface area contributed by atoms with Crippen LogP contribution in [-0.4, -0.2) is 39.5 Å². The Bertz CT molecular complexity index is 527. The van der Waals surface area contributed by atoms with Crippen molar-refractivity contribution in [3.63, 3.8) is 0 Å². The summed E-state index contributed by atoms with van der Waals surface area (Å²) in [5, 5.41) is 20.8. The fourth-order valence-electron chi connectivity index (χ4n) is 7.68. The SMILES string of the molecule is C[C@@]12CC[C@@H]3[C@H](C[C@H]4OC[C@]35CC[C@H](O)CC45Br)[C@@H]1CC[C@@H]2O. The fraction of sp³-hybridized carbons (Fsp3) is 1.00. The van der Waals surface area contributed by atoms with Crippen LogP contribution in [0.1, 0.15) is 58.3 Å². The molecule has 1 aliphatic heterocycles. The second kappa shape index (κ2) is 4.75. The molecular weight excluding hydrogens is 356 g/mol. The molecule has 4 saturated carbocycles. The molecule has 0 aromatic rings. The van der Waals surface area contributed by atoms with Gasteiger partial charge < -0.3 is 14.9 Å². The molecule has 2 N–H and O–H groups in total. The number of aliphatic hydroxyl groups is 2. The lowest BCUT2D eigenvalue weighted by atomic mass is 9.45. The molecule has 5 fully saturated rings. The van der Waals surface area contributed by atoms with Crippen LogP contribution in [-0.2, 0) is 4.74 Å². The Kier molecular flexibility index (Phi) is 3.22. The summed E-state index contributed by atoms with van der Waals surface area (Å²) in [6.45, 7) is 3.22. The van der Waals surface area contributed by atoms with Gasteiger partial charge in [-0.15, -0.1) is 0 Å². The van der Waals surface area contributed by atoms with Crippen molar-refractivity contribution in [2.24, 2.45) is 28.6 Å². The molecule has 2 bridgehead atoms. The van der Waals surface area contributed by atoms with E-state index in [1.54, 1.807) is 0 Å². The van der Waals surface area contributed by atoms with Gasteiger partial charge in [-0.1, -0.05) is 22.9 Å². The second-order valence-electron chi connectivity index (χ2n) is 9.47. The number of ether oxygens (including phenoxy) is 1. The summed E-state index contributed by atoms with van der Waals surface area (Å²) < 4.78 is 6.34. The minimum absolute atomic E-state index is 0.0101. The first-order chi connectivity index (χ1) is 10.9. The van der Waals surface area contributed by atoms with Crippen molar-refractivity contribution in [2.45, 2.75) is 80.9 Å². The first-order valence-electron chi connectivity index (χ1n) is 9.57. The summed E-state index contributed by atoms with van der Waals surface area (Å²) in [7, 11) is 0. The monoisotopic (exact) mass is 384 g/mol. The van der Waals surface area contributed by atoms with E-state index in [-0.39, 0.29) is 33.5 Å². The summed E-state index contributed by atoms with van der Waals surface area (Å²) in [6.07, 6.45) is 8.55. The number of fused-ring (bicyclic) bond motifs is 3. The summed E-state index contributed by atoms with van der Waals surface area (Å²) in [5.74, 6) is 2.08. The van der Waals surface area contributed by atoms with Crippen molar-refractivity contribution in [2.75, 3.05) is 6.61 Å². The third-order valence-electron chi connectivity index (χ3n) is 8.92. The average molecular weight is 385 g/mol. The Balaban J connectivity index is 1.55. The van der Waals surface area contributed by atoms with Crippen LogP contribution >= 0.6 is 15.9 Å². The lowest BCUT2D eigenvalue weighted by Crippen LogP contribution is -2.63. The van der Waals surface area contributed by atoms with Gasteiger partial charge in [0.1, 0.15) is 0 Å². The number of rotatable bonds is 0. The van der Waals surface area contributed by atoms with E-state index in [1.807, 2.05) is 0 Å². The van der Waals surface area contributed by atoms with Gasteiger partial charge in [-0.25, -0.2) is 0 Å². The average Bonchev–Trinajstić information content (AvgIpc) is 2.88. The minimum Gasteiger partial charge on any atom is -0.393 e. The molecule has 0 spiro atoms. The maximum absolute atomic E-state index is 10.6. The predicted molar refractivity (Wildman–Crippen MR) is 91.4 cm³/mol. The first-order valence-corrected chi connectivity index (χ1v) is 10.4. The topological polar surface area (TPSA) is 49.7 Å². The number of hydrogen-bond donors (Lipinski definition) is 2. The van der Waals surface area contributed by atoms with Crippen LogP contribution in [0.25, 0.3) is 0 Å². The molecule has 5 rings (SSSR count). The summed E-state index contributed by atoms with van der Waals surface area (Å²) >= 11 is 4.12. The smallest absolute Gasteiger partial charge is 0.0738 e. The van der Waals surface area contributed by atoms with E-state index < -0.39 is 0 Å². The van der Waals surface area contributed by atoms with E-state index >= 15 is 0 Å². The third kappa shape index (κ3) is 1.72. The molecule has 0 aromatic carbocycles. The normalized spacial score (nSPS) is 64.2. The van der Waals surface area contributed by atoms with Gasteiger partial charge in [0.2, 0.25) is 0 Å². The van der Waals surface area contributed by atoms with Gasteiger partial charge in [0, 0.05) is 5.41 Å². The van der Waals surface area contributed by atoms with Crippen molar-refractivity contribution >= 4 is 15.9 Å². The van der Waals surface area contributed by atoms with E-state index in [0.717, 1.165) is 45.1 Å². The molecule has 4 heteroatoms. The van der Waals surface area contributed by atoms with Crippen LogP contribution < -0.4 is 0 Å². The molecule has 1 unspecified atom stereocenters. The van der Waals surface area contributed by atoms with Crippen LogP contribution in [0.3, 0.4) is 0 Å². The van der Waals surface area contributed by atoms with Crippen molar-refractivity contribution < 1.29 is 14.9 Å². The standard InChI is InChI=1S/C19H29BrO3/c1-17-6-5-14-12(13(17)2-3-15(17)22)8-16-19(20)9-11(21)4-7-18(14,19)10-23-16/h11-16,21-22H,2-10H2,1H3/t11-,12+,13-,14+,15-,16+,17+,18+,19?/m0/s1. The zero-order valence-corrected chi connectivity index (χ0v) is 15.6. The Morgan fingerprint density at radius 3 is 2.70 bits per heavy atom. The van der Waals surface area contributed by atoms with Crippen molar-refractivity contribution in [1.29, 1.82) is 0 Å². The maximum atomic E-state index is 10.6. The third-order valence-corrected chi connectivity index (χ3v) is 10.5. The number of alkyl halides is 1. The van der Waals surface area contributed by atoms with E-state index in [2.05, 4.69) is 22.9 Å². The highest BCUT2D eigenvalue weighted by Gasteiger charge is 2.72. The van der Waals surface area contributed by atoms with Crippen molar-refractivity contribution in [1.82, 2.24) is 0 Å². The number of halogens is 1. The molecule has 4 aliphatic carbocycles. The molecule has 0 aromatic heterocycles. The molecule has 3 nitrogen and oxygen atoms in total. The Labute approximate surface area is 147 Å². The molecule has 130 valence electrons. The minimum atomic E-state index is -0.176. The fourth-order valence-corrected chi connectivity index (χ4v) is 8.98. The highest BCUT2D eigenvalue weighted by Crippen LogP contribution is 2.72. The second-order valence-corrected chi connectivity index (χ2v) is 10.9. The van der Waals surface area contributed by atoms with Crippen molar-refractivity contribution in [3.05, 3.63) is 0 Å². The van der Waals surface area contributed by atoms with Crippen LogP contribution in [0.15, 0.2) is 0 Å². The molecule has 23 heavy (non-hydrogen) atoms. The van der Waals surface area contributed by atoms with E-state index in [9.17, 15) is 10.2 Å². The highest BCUT2D eigenvalue weighted by atomic mass is 79.9. The van der Waals surface area contributed by atoms with Gasteiger partial charge in [-0.05, 0) is 74.5 Å². The molecule has 1 saturated heterocycles. The van der Waals surface area contributed by atoms with Gasteiger partial charge in [-0.2, -0.15) is 0 Å². The van der Waals surface area contributed by atoms with Crippen molar-refractivity contribution in [3.8, 4) is 0 Å². The van der Waals surface area contributed by atoms with Crippen LogP contribution in [0.5, 0.6) is 0 Å². The van der Waals surface area contributed by atoms with E-state index in [4.69, 9.17) is 4.74 Å². The summed E-state index contributed by atoms with van der Waals surface area (Å²) in [5.41, 5.74) is 0.354. The molecule has 0 amide bonds. The summed E-state index contributed by atoms with van der Waals surface area (Å²) in [6, 6.07) is 0. The molecule has 9 atom stereocenters. The zero-order valence-electron chi connectivity index (χ0n) is 14.0. The van der Waals surface area contributed by atoms with Gasteiger partial charge >= 0.3 is 0 Å². The van der Waals surface area contributed by atoms with Gasteiger partial charge in [0.15, 0.2) is 0 Å². The summed E-state index contributed by atoms with van der Waals surface area (Å²) in [4.78, 5) is 0. The lowest BCUT2D eigenvalue weighted by molar-refractivity contribution is -0.112.